The molecular weight excluding hydrogens is 322 g/mol. The number of hydrogen-bond acceptors (Lipinski definition) is 4. The molecule has 7 heteroatoms. The minimum Gasteiger partial charge on any atom is -0.467 e. The van der Waals surface area contributed by atoms with Gasteiger partial charge in [-0.25, -0.2) is 9.59 Å². The molecule has 3 N–H and O–H groups in total. The molecule has 0 aliphatic carbocycles. The Morgan fingerprint density at radius 2 is 2.32 bits per heavy atom. The topological polar surface area (TPSA) is 85.0 Å². The van der Waals surface area contributed by atoms with Crippen molar-refractivity contribution in [3.05, 3.63) is 35.4 Å². The van der Waals surface area contributed by atoms with Crippen LogP contribution < -0.4 is 15.5 Å². The van der Waals surface area contributed by atoms with Crippen molar-refractivity contribution >= 4 is 12.0 Å². The number of carbonyl (C=O) groups is 2. The molecule has 0 radical (unpaired) electrons. The first kappa shape index (κ1) is 17.5. The zero-order chi connectivity index (χ0) is 17.8. The fourth-order valence-corrected chi connectivity index (χ4v) is 3.68. The number of ether oxygens (including phenoxy) is 1. The van der Waals surface area contributed by atoms with Crippen LogP contribution in [0.2, 0.25) is 0 Å². The monoisotopic (exact) mass is 348 g/mol. The lowest BCUT2D eigenvalue weighted by Gasteiger charge is -2.32. The van der Waals surface area contributed by atoms with E-state index in [1.165, 1.54) is 17.6 Å². The summed E-state index contributed by atoms with van der Waals surface area (Å²) < 4.78 is 10.7. The van der Waals surface area contributed by atoms with Gasteiger partial charge >= 0.3 is 12.0 Å². The lowest BCUT2D eigenvalue weighted by Crippen LogP contribution is -3.14. The van der Waals surface area contributed by atoms with Gasteiger partial charge in [-0.05, 0) is 31.9 Å². The van der Waals surface area contributed by atoms with Crippen molar-refractivity contribution < 1.29 is 23.6 Å². The molecule has 2 aliphatic rings. The molecule has 0 aromatic carbocycles. The molecule has 1 saturated heterocycles. The molecule has 1 fully saturated rings. The molecule has 2 aliphatic heterocycles. The second kappa shape index (κ2) is 7.74. The van der Waals surface area contributed by atoms with E-state index >= 15 is 0 Å². The Morgan fingerprint density at radius 1 is 1.48 bits per heavy atom. The summed E-state index contributed by atoms with van der Waals surface area (Å²) in [5.74, 6) is 0.752. The van der Waals surface area contributed by atoms with Crippen LogP contribution in [0.3, 0.4) is 0 Å². The van der Waals surface area contributed by atoms with E-state index in [-0.39, 0.29) is 12.6 Å². The zero-order valence-corrected chi connectivity index (χ0v) is 14.8. The quantitative estimate of drug-likeness (QED) is 0.686. The maximum absolute atomic E-state index is 12.6. The molecule has 25 heavy (non-hydrogen) atoms. The van der Waals surface area contributed by atoms with Crippen LogP contribution in [0, 0.1) is 5.92 Å². The van der Waals surface area contributed by atoms with Gasteiger partial charge in [-0.15, -0.1) is 0 Å². The van der Waals surface area contributed by atoms with E-state index in [2.05, 4.69) is 17.6 Å². The van der Waals surface area contributed by atoms with Gasteiger partial charge < -0.3 is 24.7 Å². The highest BCUT2D eigenvalue weighted by atomic mass is 16.5. The van der Waals surface area contributed by atoms with E-state index in [0.717, 1.165) is 19.5 Å². The van der Waals surface area contributed by atoms with Crippen LogP contribution in [-0.2, 0) is 9.53 Å². The third-order valence-corrected chi connectivity index (χ3v) is 4.77. The lowest BCUT2D eigenvalue weighted by atomic mass is 9.97. The van der Waals surface area contributed by atoms with Gasteiger partial charge in [0.1, 0.15) is 18.3 Å². The zero-order valence-electron chi connectivity index (χ0n) is 14.8. The molecule has 3 heterocycles. The normalized spacial score (nSPS) is 26.8. The van der Waals surface area contributed by atoms with Crippen LogP contribution in [0.5, 0.6) is 0 Å². The van der Waals surface area contributed by atoms with Crippen LogP contribution >= 0.6 is 0 Å². The van der Waals surface area contributed by atoms with E-state index in [0.29, 0.717) is 29.5 Å². The number of esters is 1. The predicted molar refractivity (Wildman–Crippen MR) is 90.7 cm³/mol. The third-order valence-electron chi connectivity index (χ3n) is 4.77. The van der Waals surface area contributed by atoms with E-state index in [1.54, 1.807) is 19.1 Å². The molecule has 1 unspecified atom stereocenters. The van der Waals surface area contributed by atoms with Gasteiger partial charge in [0.15, 0.2) is 0 Å². The number of rotatable bonds is 5. The number of amides is 2. The first-order chi connectivity index (χ1) is 12.1. The Morgan fingerprint density at radius 3 is 3.00 bits per heavy atom. The van der Waals surface area contributed by atoms with Crippen molar-refractivity contribution in [1.82, 2.24) is 10.6 Å². The van der Waals surface area contributed by atoms with E-state index in [9.17, 15) is 9.59 Å². The lowest BCUT2D eigenvalue weighted by molar-refractivity contribution is -0.904. The number of hydrogen-bond donors (Lipinski definition) is 3. The Balaban J connectivity index is 1.93. The maximum Gasteiger partial charge on any atom is 0.338 e. The molecule has 0 saturated carbocycles. The Labute approximate surface area is 147 Å². The fraction of sp³-hybridized carbons (Fsp3) is 0.556. The highest BCUT2D eigenvalue weighted by Gasteiger charge is 2.37. The summed E-state index contributed by atoms with van der Waals surface area (Å²) in [5, 5.41) is 5.60. The van der Waals surface area contributed by atoms with E-state index in [1.807, 2.05) is 0 Å². The second-order valence-electron chi connectivity index (χ2n) is 6.79. The largest absolute Gasteiger partial charge is 0.467 e. The van der Waals surface area contributed by atoms with Gasteiger partial charge in [0.25, 0.3) is 0 Å². The predicted octanol–water partition coefficient (Wildman–Crippen LogP) is 0.766. The van der Waals surface area contributed by atoms with Gasteiger partial charge in [-0.3, -0.25) is 0 Å². The number of urea groups is 1. The molecule has 3 rings (SSSR count). The van der Waals surface area contributed by atoms with Gasteiger partial charge in [-0.2, -0.15) is 0 Å². The molecule has 2 amide bonds. The van der Waals surface area contributed by atoms with Crippen LogP contribution in [0.1, 0.15) is 38.5 Å². The summed E-state index contributed by atoms with van der Waals surface area (Å²) in [5.41, 5.74) is 1.06. The average molecular weight is 348 g/mol. The van der Waals surface area contributed by atoms with E-state index < -0.39 is 12.0 Å². The second-order valence-corrected chi connectivity index (χ2v) is 6.79. The van der Waals surface area contributed by atoms with Crippen molar-refractivity contribution in [2.45, 2.75) is 32.7 Å². The Hall–Kier alpha value is -2.28. The Bertz CT molecular complexity index is 653. The summed E-state index contributed by atoms with van der Waals surface area (Å²) in [7, 11) is 0. The first-order valence-electron chi connectivity index (χ1n) is 8.93. The number of carbonyl (C=O) groups excluding carboxylic acids is 2. The standard InChI is InChI=1S/C18H25N3O4/c1-3-24-17(22)15-13(11-21-8-4-6-12(2)10-21)19-18(23)20-16(15)14-7-5-9-25-14/h5,7,9,12,16H,3-4,6,8,10-11H2,1-2H3,(H2,19,20,23)/p+1/t12-,16+/m0/s1. The van der Waals surface area contributed by atoms with Crippen molar-refractivity contribution in [2.24, 2.45) is 5.92 Å². The molecule has 1 aromatic rings. The molecule has 0 spiro atoms. The summed E-state index contributed by atoms with van der Waals surface area (Å²) >= 11 is 0. The molecule has 3 atom stereocenters. The van der Waals surface area contributed by atoms with Crippen LogP contribution in [0.15, 0.2) is 34.1 Å². The number of piperidine rings is 1. The maximum atomic E-state index is 12.6. The highest BCUT2D eigenvalue weighted by molar-refractivity contribution is 5.95. The van der Waals surface area contributed by atoms with Crippen LogP contribution in [-0.4, -0.2) is 38.2 Å². The molecular formula is C18H26N3O4+. The van der Waals surface area contributed by atoms with Crippen molar-refractivity contribution in [3.8, 4) is 0 Å². The first-order valence-corrected chi connectivity index (χ1v) is 8.93. The fourth-order valence-electron chi connectivity index (χ4n) is 3.68. The molecule has 136 valence electrons. The van der Waals surface area contributed by atoms with Crippen molar-refractivity contribution in [1.29, 1.82) is 0 Å². The van der Waals surface area contributed by atoms with Gasteiger partial charge in [0, 0.05) is 5.92 Å². The number of furan rings is 1. The third kappa shape index (κ3) is 4.04. The van der Waals surface area contributed by atoms with Crippen LogP contribution in [0.4, 0.5) is 4.79 Å². The number of likely N-dealkylation sites (tertiary alicyclic amines) is 1. The summed E-state index contributed by atoms with van der Waals surface area (Å²) in [4.78, 5) is 26.1. The highest BCUT2D eigenvalue weighted by Crippen LogP contribution is 2.27. The smallest absolute Gasteiger partial charge is 0.338 e. The van der Waals surface area contributed by atoms with Crippen molar-refractivity contribution in [3.63, 3.8) is 0 Å². The SMILES string of the molecule is CCOC(=O)C1=C(C[NH+]2CCC[C@H](C)C2)NC(=O)N[C@@H]1c1ccco1. The van der Waals surface area contributed by atoms with Gasteiger partial charge in [0.2, 0.25) is 0 Å². The summed E-state index contributed by atoms with van der Waals surface area (Å²) in [6.07, 6.45) is 3.92. The Kier molecular flexibility index (Phi) is 5.43. The number of nitrogens with one attached hydrogen (secondary N) is 3. The van der Waals surface area contributed by atoms with Gasteiger partial charge in [-0.1, -0.05) is 6.92 Å². The average Bonchev–Trinajstić information content (AvgIpc) is 3.09. The molecule has 7 nitrogen and oxygen atoms in total. The minimum absolute atomic E-state index is 0.280. The summed E-state index contributed by atoms with van der Waals surface area (Å²) in [6, 6.07) is 2.54. The number of quaternary nitrogens is 1. The van der Waals surface area contributed by atoms with Crippen LogP contribution in [0.25, 0.3) is 0 Å². The molecule has 0 bridgehead atoms. The van der Waals surface area contributed by atoms with Crippen molar-refractivity contribution in [2.75, 3.05) is 26.2 Å². The van der Waals surface area contributed by atoms with E-state index in [4.69, 9.17) is 9.15 Å². The summed E-state index contributed by atoms with van der Waals surface area (Å²) in [6.45, 7) is 6.97. The molecule has 1 aromatic heterocycles. The van der Waals surface area contributed by atoms with Gasteiger partial charge in [0.05, 0.1) is 37.2 Å². The minimum atomic E-state index is -0.626.